The number of aliphatic hydroxyl groups excluding tert-OH is 1. The van der Waals surface area contributed by atoms with Gasteiger partial charge in [-0.1, -0.05) is 45.8 Å². The first-order chi connectivity index (χ1) is 8.56. The highest BCUT2D eigenvalue weighted by atomic mass is 79.9. The van der Waals surface area contributed by atoms with E-state index >= 15 is 0 Å². The van der Waals surface area contributed by atoms with Crippen molar-refractivity contribution in [2.75, 3.05) is 0 Å². The van der Waals surface area contributed by atoms with E-state index in [1.54, 1.807) is 6.07 Å². The summed E-state index contributed by atoms with van der Waals surface area (Å²) in [6.45, 7) is 1.98. The molecule has 2 aromatic carbocycles. The first-order valence-electron chi connectivity index (χ1n) is 5.75. The molecule has 3 heteroatoms. The van der Waals surface area contributed by atoms with Gasteiger partial charge in [-0.05, 0) is 36.2 Å². The van der Waals surface area contributed by atoms with Gasteiger partial charge in [-0.2, -0.15) is 0 Å². The van der Waals surface area contributed by atoms with Crippen LogP contribution in [0, 0.1) is 12.7 Å². The second-order valence-electron chi connectivity index (χ2n) is 4.37. The molecule has 1 nitrogen and oxygen atoms in total. The van der Waals surface area contributed by atoms with Gasteiger partial charge in [0, 0.05) is 10.9 Å². The topological polar surface area (TPSA) is 20.2 Å². The number of hydrogen-bond donors (Lipinski definition) is 1. The number of aryl methyl sites for hydroxylation is 1. The van der Waals surface area contributed by atoms with Crippen molar-refractivity contribution >= 4 is 15.9 Å². The molecule has 1 unspecified atom stereocenters. The summed E-state index contributed by atoms with van der Waals surface area (Å²) in [5.41, 5.74) is 2.71. The molecule has 0 saturated heterocycles. The molecular weight excluding hydrogens is 295 g/mol. The van der Waals surface area contributed by atoms with Crippen LogP contribution in [0.1, 0.15) is 22.8 Å². The van der Waals surface area contributed by atoms with Crippen LogP contribution in [-0.4, -0.2) is 5.11 Å². The number of aliphatic hydroxyl groups is 1. The minimum atomic E-state index is -0.638. The fourth-order valence-corrected chi connectivity index (χ4v) is 2.43. The van der Waals surface area contributed by atoms with Gasteiger partial charge in [0.15, 0.2) is 0 Å². The van der Waals surface area contributed by atoms with E-state index in [0.717, 1.165) is 21.2 Å². The highest BCUT2D eigenvalue weighted by molar-refractivity contribution is 9.10. The second kappa shape index (κ2) is 5.63. The maximum absolute atomic E-state index is 13.1. The van der Waals surface area contributed by atoms with Crippen molar-refractivity contribution in [3.63, 3.8) is 0 Å². The third kappa shape index (κ3) is 3.18. The normalized spacial score (nSPS) is 12.4. The van der Waals surface area contributed by atoms with E-state index < -0.39 is 6.10 Å². The van der Waals surface area contributed by atoms with Crippen molar-refractivity contribution < 1.29 is 9.50 Å². The van der Waals surface area contributed by atoms with Crippen LogP contribution < -0.4 is 0 Å². The quantitative estimate of drug-likeness (QED) is 0.902. The van der Waals surface area contributed by atoms with Crippen molar-refractivity contribution in [2.45, 2.75) is 19.4 Å². The molecule has 0 amide bonds. The molecule has 1 N–H and O–H groups in total. The third-order valence-corrected chi connectivity index (χ3v) is 3.55. The number of halogens is 2. The Morgan fingerprint density at radius 1 is 1.22 bits per heavy atom. The Morgan fingerprint density at radius 2 is 2.00 bits per heavy atom. The summed E-state index contributed by atoms with van der Waals surface area (Å²) in [4.78, 5) is 0. The van der Waals surface area contributed by atoms with Crippen LogP contribution in [0.5, 0.6) is 0 Å². The van der Waals surface area contributed by atoms with Crippen LogP contribution in [0.3, 0.4) is 0 Å². The van der Waals surface area contributed by atoms with Crippen LogP contribution in [-0.2, 0) is 6.42 Å². The summed E-state index contributed by atoms with van der Waals surface area (Å²) in [7, 11) is 0. The van der Waals surface area contributed by atoms with Gasteiger partial charge in [0.25, 0.3) is 0 Å². The monoisotopic (exact) mass is 308 g/mol. The van der Waals surface area contributed by atoms with Crippen molar-refractivity contribution in [1.29, 1.82) is 0 Å². The van der Waals surface area contributed by atoms with E-state index in [2.05, 4.69) is 15.9 Å². The summed E-state index contributed by atoms with van der Waals surface area (Å²) in [6, 6.07) is 12.2. The van der Waals surface area contributed by atoms with Crippen molar-refractivity contribution in [3.8, 4) is 0 Å². The number of benzene rings is 2. The summed E-state index contributed by atoms with van der Waals surface area (Å²) >= 11 is 3.42. The first kappa shape index (κ1) is 13.2. The van der Waals surface area contributed by atoms with Crippen LogP contribution in [0.2, 0.25) is 0 Å². The van der Waals surface area contributed by atoms with Crippen LogP contribution in [0.4, 0.5) is 4.39 Å². The minimum Gasteiger partial charge on any atom is -0.388 e. The zero-order valence-electron chi connectivity index (χ0n) is 10.0. The minimum absolute atomic E-state index is 0.275. The van der Waals surface area contributed by atoms with E-state index in [1.165, 1.54) is 12.1 Å². The fraction of sp³-hybridized carbons (Fsp3) is 0.200. The van der Waals surface area contributed by atoms with Gasteiger partial charge in [-0.3, -0.25) is 0 Å². The number of hydrogen-bond acceptors (Lipinski definition) is 1. The Morgan fingerprint density at radius 3 is 2.72 bits per heavy atom. The van der Waals surface area contributed by atoms with Crippen molar-refractivity contribution in [2.24, 2.45) is 0 Å². The first-order valence-corrected chi connectivity index (χ1v) is 6.54. The largest absolute Gasteiger partial charge is 0.388 e. The highest BCUT2D eigenvalue weighted by Gasteiger charge is 2.12. The molecule has 0 fully saturated rings. The lowest BCUT2D eigenvalue weighted by Crippen LogP contribution is -2.03. The van der Waals surface area contributed by atoms with Gasteiger partial charge in [0.2, 0.25) is 0 Å². The summed E-state index contributed by atoms with van der Waals surface area (Å²) < 4.78 is 13.9. The van der Waals surface area contributed by atoms with Crippen LogP contribution >= 0.6 is 15.9 Å². The molecule has 0 aliphatic carbocycles. The smallest absolute Gasteiger partial charge is 0.123 e. The lowest BCUT2D eigenvalue weighted by atomic mass is 10.00. The average molecular weight is 309 g/mol. The Balaban J connectivity index is 2.21. The second-order valence-corrected chi connectivity index (χ2v) is 5.23. The molecule has 94 valence electrons. The van der Waals surface area contributed by atoms with Gasteiger partial charge in [-0.15, -0.1) is 0 Å². The molecule has 0 aromatic heterocycles. The van der Waals surface area contributed by atoms with E-state index in [0.29, 0.717) is 6.42 Å². The highest BCUT2D eigenvalue weighted by Crippen LogP contribution is 2.27. The molecule has 1 atom stereocenters. The Bertz CT molecular complexity index is 554. The molecular formula is C15H14BrFO. The maximum Gasteiger partial charge on any atom is 0.123 e. The standard InChI is InChI=1S/C15H14BrFO/c1-10-5-6-14(16)13(7-10)15(18)9-11-3-2-4-12(17)8-11/h2-8,15,18H,9H2,1H3. The molecule has 0 saturated carbocycles. The molecule has 0 radical (unpaired) electrons. The van der Waals surface area contributed by atoms with Crippen LogP contribution in [0.25, 0.3) is 0 Å². The molecule has 0 aliphatic rings. The molecule has 2 aromatic rings. The van der Waals surface area contributed by atoms with Crippen molar-refractivity contribution in [1.82, 2.24) is 0 Å². The van der Waals surface area contributed by atoms with Crippen molar-refractivity contribution in [3.05, 3.63) is 69.4 Å². The zero-order valence-corrected chi connectivity index (χ0v) is 11.6. The third-order valence-electron chi connectivity index (χ3n) is 2.83. The van der Waals surface area contributed by atoms with Gasteiger partial charge in [-0.25, -0.2) is 4.39 Å². The lowest BCUT2D eigenvalue weighted by molar-refractivity contribution is 0.177. The summed E-state index contributed by atoms with van der Waals surface area (Å²) in [6.07, 6.45) is -0.235. The Hall–Kier alpha value is -1.19. The average Bonchev–Trinajstić information content (AvgIpc) is 2.32. The SMILES string of the molecule is Cc1ccc(Br)c(C(O)Cc2cccc(F)c2)c1. The van der Waals surface area contributed by atoms with E-state index in [9.17, 15) is 9.50 Å². The predicted octanol–water partition coefficient (Wildman–Crippen LogP) is 4.17. The van der Waals surface area contributed by atoms with Gasteiger partial charge in [0.05, 0.1) is 6.10 Å². The Labute approximate surface area is 114 Å². The molecule has 0 bridgehead atoms. The van der Waals surface area contributed by atoms with Crippen LogP contribution in [0.15, 0.2) is 46.9 Å². The molecule has 0 heterocycles. The predicted molar refractivity (Wildman–Crippen MR) is 73.9 cm³/mol. The van der Waals surface area contributed by atoms with E-state index in [4.69, 9.17) is 0 Å². The van der Waals surface area contributed by atoms with Gasteiger partial charge in [0.1, 0.15) is 5.82 Å². The Kier molecular flexibility index (Phi) is 4.15. The lowest BCUT2D eigenvalue weighted by Gasteiger charge is -2.14. The zero-order chi connectivity index (χ0) is 13.1. The molecule has 2 rings (SSSR count). The molecule has 0 spiro atoms. The van der Waals surface area contributed by atoms with E-state index in [1.807, 2.05) is 31.2 Å². The summed E-state index contributed by atoms with van der Waals surface area (Å²) in [5, 5.41) is 10.2. The van der Waals surface area contributed by atoms with Gasteiger partial charge < -0.3 is 5.11 Å². The molecule has 18 heavy (non-hydrogen) atoms. The van der Waals surface area contributed by atoms with Gasteiger partial charge >= 0.3 is 0 Å². The fourth-order valence-electron chi connectivity index (χ4n) is 1.92. The number of rotatable bonds is 3. The maximum atomic E-state index is 13.1. The molecule has 0 aliphatic heterocycles. The van der Waals surface area contributed by atoms with E-state index in [-0.39, 0.29) is 5.82 Å². The summed E-state index contributed by atoms with van der Waals surface area (Å²) in [5.74, 6) is -0.275.